The first-order valence-corrected chi connectivity index (χ1v) is 10.7. The number of allylic oxidation sites excluding steroid dienone is 1. The molecular formula is C25H28N4O2. The van der Waals surface area contributed by atoms with Crippen molar-refractivity contribution in [2.24, 2.45) is 5.92 Å². The van der Waals surface area contributed by atoms with Gasteiger partial charge in [-0.05, 0) is 30.4 Å². The molecule has 0 aliphatic carbocycles. The smallest absolute Gasteiger partial charge is 0.322 e. The number of hydrogen-bond donors (Lipinski definition) is 1. The topological polar surface area (TPSA) is 71.3 Å². The molecular weight excluding hydrogens is 388 g/mol. The molecule has 0 radical (unpaired) electrons. The van der Waals surface area contributed by atoms with Crippen molar-refractivity contribution in [1.29, 1.82) is 0 Å². The maximum absolute atomic E-state index is 12.9. The van der Waals surface area contributed by atoms with E-state index in [4.69, 9.17) is 9.51 Å². The lowest BCUT2D eigenvalue weighted by Crippen LogP contribution is -2.47. The Morgan fingerprint density at radius 2 is 1.81 bits per heavy atom. The quantitative estimate of drug-likeness (QED) is 0.580. The fourth-order valence-electron chi connectivity index (χ4n) is 3.88. The molecule has 4 rings (SSSR count). The van der Waals surface area contributed by atoms with Crippen molar-refractivity contribution in [2.45, 2.75) is 40.2 Å². The van der Waals surface area contributed by atoms with Gasteiger partial charge in [-0.15, -0.1) is 0 Å². The molecule has 0 fully saturated rings. The molecule has 1 aliphatic rings. The van der Waals surface area contributed by atoms with Crippen molar-refractivity contribution in [3.63, 3.8) is 0 Å². The lowest BCUT2D eigenvalue weighted by Gasteiger charge is -2.36. The number of nitrogens with one attached hydrogen (secondary N) is 1. The van der Waals surface area contributed by atoms with Crippen LogP contribution in [0.2, 0.25) is 0 Å². The summed E-state index contributed by atoms with van der Waals surface area (Å²) < 4.78 is 5.73. The minimum Gasteiger partial charge on any atom is -0.334 e. The maximum Gasteiger partial charge on any atom is 0.322 e. The van der Waals surface area contributed by atoms with E-state index in [9.17, 15) is 4.79 Å². The van der Waals surface area contributed by atoms with E-state index in [1.54, 1.807) is 4.90 Å². The average molecular weight is 417 g/mol. The third-order valence-electron chi connectivity index (χ3n) is 5.55. The second-order valence-electron chi connectivity index (χ2n) is 8.27. The van der Waals surface area contributed by atoms with Crippen LogP contribution < -0.4 is 5.32 Å². The zero-order valence-electron chi connectivity index (χ0n) is 18.4. The minimum absolute atomic E-state index is 0.112. The van der Waals surface area contributed by atoms with E-state index < -0.39 is 0 Å². The van der Waals surface area contributed by atoms with E-state index in [0.29, 0.717) is 24.2 Å². The molecule has 1 N–H and O–H groups in total. The van der Waals surface area contributed by atoms with Crippen LogP contribution >= 0.6 is 0 Å². The van der Waals surface area contributed by atoms with E-state index in [1.807, 2.05) is 49.4 Å². The Kier molecular flexibility index (Phi) is 5.89. The molecule has 2 heterocycles. The molecule has 0 saturated heterocycles. The second kappa shape index (κ2) is 8.76. The van der Waals surface area contributed by atoms with Gasteiger partial charge in [-0.3, -0.25) is 4.90 Å². The van der Waals surface area contributed by atoms with Gasteiger partial charge >= 0.3 is 6.03 Å². The predicted molar refractivity (Wildman–Crippen MR) is 121 cm³/mol. The lowest BCUT2D eigenvalue weighted by atomic mass is 9.94. The summed E-state index contributed by atoms with van der Waals surface area (Å²) in [5.41, 5.74) is 4.80. The molecule has 0 saturated carbocycles. The van der Waals surface area contributed by atoms with Crippen molar-refractivity contribution < 1.29 is 9.32 Å². The van der Waals surface area contributed by atoms with Crippen molar-refractivity contribution in [3.05, 3.63) is 77.3 Å². The molecule has 1 aliphatic heterocycles. The number of aryl methyl sites for hydroxylation is 1. The summed E-state index contributed by atoms with van der Waals surface area (Å²) in [6, 6.07) is 17.6. The summed E-state index contributed by atoms with van der Waals surface area (Å²) in [7, 11) is 0. The van der Waals surface area contributed by atoms with Gasteiger partial charge in [-0.1, -0.05) is 80.5 Å². The van der Waals surface area contributed by atoms with Crippen LogP contribution in [0.3, 0.4) is 0 Å². The zero-order valence-corrected chi connectivity index (χ0v) is 18.4. The van der Waals surface area contributed by atoms with Gasteiger partial charge in [0.05, 0.1) is 11.6 Å². The van der Waals surface area contributed by atoms with Crippen LogP contribution in [0.1, 0.15) is 50.8 Å². The van der Waals surface area contributed by atoms with E-state index in [0.717, 1.165) is 28.8 Å². The van der Waals surface area contributed by atoms with E-state index in [1.165, 1.54) is 5.56 Å². The normalized spacial score (nSPS) is 16.7. The largest absolute Gasteiger partial charge is 0.334 e. The molecule has 160 valence electrons. The maximum atomic E-state index is 12.9. The molecule has 6 nitrogen and oxygen atoms in total. The van der Waals surface area contributed by atoms with E-state index in [2.05, 4.69) is 43.4 Å². The Morgan fingerprint density at radius 3 is 2.45 bits per heavy atom. The van der Waals surface area contributed by atoms with Gasteiger partial charge in [0.1, 0.15) is 0 Å². The van der Waals surface area contributed by atoms with Crippen LogP contribution in [0, 0.1) is 5.92 Å². The highest BCUT2D eigenvalue weighted by Crippen LogP contribution is 2.37. The third-order valence-corrected chi connectivity index (χ3v) is 5.55. The fourth-order valence-corrected chi connectivity index (χ4v) is 3.88. The monoisotopic (exact) mass is 416 g/mol. The Morgan fingerprint density at radius 1 is 1.10 bits per heavy atom. The Labute approximate surface area is 183 Å². The SMILES string of the molecule is CCc1ccc(-c2noc(C3=C(C)N(CC(C)C)C(=O)NC3c3ccccc3)n2)cc1. The number of carbonyl (C=O) groups excluding carboxylic acids is 1. The summed E-state index contributed by atoms with van der Waals surface area (Å²) >= 11 is 0. The van der Waals surface area contributed by atoms with Crippen molar-refractivity contribution in [1.82, 2.24) is 20.4 Å². The first-order valence-electron chi connectivity index (χ1n) is 10.7. The summed E-state index contributed by atoms with van der Waals surface area (Å²) in [6.07, 6.45) is 0.980. The molecule has 0 spiro atoms. The van der Waals surface area contributed by atoms with E-state index >= 15 is 0 Å². The van der Waals surface area contributed by atoms with Gasteiger partial charge in [0.25, 0.3) is 5.89 Å². The van der Waals surface area contributed by atoms with Gasteiger partial charge in [0.15, 0.2) is 0 Å². The highest BCUT2D eigenvalue weighted by molar-refractivity contribution is 5.86. The van der Waals surface area contributed by atoms with Crippen molar-refractivity contribution >= 4 is 11.6 Å². The Bertz CT molecular complexity index is 1080. The van der Waals surface area contributed by atoms with Crippen LogP contribution in [-0.4, -0.2) is 27.6 Å². The van der Waals surface area contributed by atoms with E-state index in [-0.39, 0.29) is 12.1 Å². The number of hydrogen-bond acceptors (Lipinski definition) is 4. The van der Waals surface area contributed by atoms with Gasteiger partial charge in [-0.2, -0.15) is 4.98 Å². The first-order chi connectivity index (χ1) is 15.0. The van der Waals surface area contributed by atoms with Gasteiger partial charge in [-0.25, -0.2) is 4.79 Å². The summed E-state index contributed by atoms with van der Waals surface area (Å²) in [5, 5.41) is 7.37. The summed E-state index contributed by atoms with van der Waals surface area (Å²) in [6.45, 7) is 8.87. The molecule has 31 heavy (non-hydrogen) atoms. The van der Waals surface area contributed by atoms with Gasteiger partial charge < -0.3 is 9.84 Å². The van der Waals surface area contributed by atoms with Crippen LogP contribution in [0.15, 0.2) is 64.8 Å². The molecule has 2 aromatic carbocycles. The minimum atomic E-state index is -0.354. The summed E-state index contributed by atoms with van der Waals surface area (Å²) in [5.74, 6) is 1.29. The highest BCUT2D eigenvalue weighted by atomic mass is 16.5. The predicted octanol–water partition coefficient (Wildman–Crippen LogP) is 5.45. The number of benzene rings is 2. The van der Waals surface area contributed by atoms with Gasteiger partial charge in [0, 0.05) is 17.8 Å². The lowest BCUT2D eigenvalue weighted by molar-refractivity contribution is 0.199. The first kappa shape index (κ1) is 20.8. The molecule has 6 heteroatoms. The molecule has 1 aromatic heterocycles. The number of rotatable bonds is 6. The summed E-state index contributed by atoms with van der Waals surface area (Å²) in [4.78, 5) is 19.4. The highest BCUT2D eigenvalue weighted by Gasteiger charge is 2.35. The Balaban J connectivity index is 1.78. The number of carbonyl (C=O) groups is 1. The van der Waals surface area contributed by atoms with Crippen molar-refractivity contribution in [3.8, 4) is 11.4 Å². The zero-order chi connectivity index (χ0) is 22.0. The number of urea groups is 1. The number of nitrogens with zero attached hydrogens (tertiary/aromatic N) is 3. The fraction of sp³-hybridized carbons (Fsp3) is 0.320. The molecule has 2 amide bonds. The van der Waals surface area contributed by atoms with Crippen LogP contribution in [0.5, 0.6) is 0 Å². The number of aromatic nitrogens is 2. The second-order valence-corrected chi connectivity index (χ2v) is 8.27. The van der Waals surface area contributed by atoms with Crippen LogP contribution in [0.4, 0.5) is 4.79 Å². The number of amides is 2. The van der Waals surface area contributed by atoms with Gasteiger partial charge in [0.2, 0.25) is 5.82 Å². The molecule has 1 atom stereocenters. The van der Waals surface area contributed by atoms with Crippen LogP contribution in [0.25, 0.3) is 17.0 Å². The molecule has 3 aromatic rings. The molecule has 0 bridgehead atoms. The Hall–Kier alpha value is -3.41. The third kappa shape index (κ3) is 4.24. The average Bonchev–Trinajstić information content (AvgIpc) is 3.26. The van der Waals surface area contributed by atoms with Crippen molar-refractivity contribution in [2.75, 3.05) is 6.54 Å². The standard InChI is InChI=1S/C25H28N4O2/c1-5-18-11-13-20(14-12-18)23-27-24(31-28-23)21-17(4)29(15-16(2)3)25(30)26-22(21)19-9-7-6-8-10-19/h6-14,16,22H,5,15H2,1-4H3,(H,26,30). The van der Waals surface area contributed by atoms with Crippen LogP contribution in [-0.2, 0) is 6.42 Å². The molecule has 1 unspecified atom stereocenters.